The number of hydrogen-bond donors (Lipinski definition) is 3. The van der Waals surface area contributed by atoms with Crippen LogP contribution in [0.15, 0.2) is 31.0 Å². The molecule has 0 aliphatic carbocycles. The highest BCUT2D eigenvalue weighted by atomic mass is 16.6. The van der Waals surface area contributed by atoms with Gasteiger partial charge in [0.15, 0.2) is 0 Å². The number of carbonyl (C=O) groups is 1. The molecule has 1 heterocycles. The van der Waals surface area contributed by atoms with Crippen LogP contribution in [0.2, 0.25) is 0 Å². The summed E-state index contributed by atoms with van der Waals surface area (Å²) in [5.41, 5.74) is 8.69. The quantitative estimate of drug-likeness (QED) is 0.393. The summed E-state index contributed by atoms with van der Waals surface area (Å²) < 4.78 is 4.91. The predicted octanol–water partition coefficient (Wildman–Crippen LogP) is 1.08. The molecule has 0 aliphatic rings. The van der Waals surface area contributed by atoms with Gasteiger partial charge in [-0.25, -0.2) is 4.79 Å². The van der Waals surface area contributed by atoms with Crippen molar-refractivity contribution in [2.75, 3.05) is 5.43 Å². The summed E-state index contributed by atoms with van der Waals surface area (Å²) in [6, 6.07) is 3.37. The maximum Gasteiger partial charge on any atom is 0.405 e. The van der Waals surface area contributed by atoms with Crippen LogP contribution in [0, 0.1) is 0 Å². The Kier molecular flexibility index (Phi) is 4.28. The smallest absolute Gasteiger partial charge is 0.405 e. The zero-order chi connectivity index (χ0) is 12.0. The van der Waals surface area contributed by atoms with Gasteiger partial charge in [0, 0.05) is 12.6 Å². The van der Waals surface area contributed by atoms with E-state index in [0.29, 0.717) is 17.8 Å². The van der Waals surface area contributed by atoms with Gasteiger partial charge in [-0.15, -0.1) is 6.58 Å². The van der Waals surface area contributed by atoms with E-state index < -0.39 is 12.2 Å². The molecule has 16 heavy (non-hydrogen) atoms. The molecule has 1 aromatic rings. The fourth-order valence-electron chi connectivity index (χ4n) is 1.24. The van der Waals surface area contributed by atoms with Gasteiger partial charge in [-0.2, -0.15) is 0 Å². The largest absolute Gasteiger partial charge is 0.440 e. The van der Waals surface area contributed by atoms with E-state index in [9.17, 15) is 4.79 Å². The third-order valence-corrected chi connectivity index (χ3v) is 1.92. The second-order valence-corrected chi connectivity index (χ2v) is 3.06. The predicted molar refractivity (Wildman–Crippen MR) is 60.3 cm³/mol. The molecule has 0 radical (unpaired) electrons. The molecule has 1 rings (SSSR count). The number of amides is 1. The lowest BCUT2D eigenvalue weighted by atomic mass is 10.1. The van der Waals surface area contributed by atoms with Crippen molar-refractivity contribution in [2.45, 2.75) is 12.5 Å². The second kappa shape index (κ2) is 5.72. The van der Waals surface area contributed by atoms with Crippen LogP contribution in [-0.4, -0.2) is 11.1 Å². The van der Waals surface area contributed by atoms with Gasteiger partial charge in [0.2, 0.25) is 0 Å². The molecule has 1 aromatic heterocycles. The molecule has 1 atom stereocenters. The lowest BCUT2D eigenvalue weighted by Crippen LogP contribution is -2.18. The number of aromatic nitrogens is 1. The van der Waals surface area contributed by atoms with Crippen LogP contribution in [0.5, 0.6) is 0 Å². The highest BCUT2D eigenvalue weighted by Crippen LogP contribution is 2.21. The minimum absolute atomic E-state index is 0.434. The molecule has 0 bridgehead atoms. The summed E-state index contributed by atoms with van der Waals surface area (Å²) in [5.74, 6) is 5.26. The number of primary amides is 1. The van der Waals surface area contributed by atoms with E-state index in [1.807, 2.05) is 0 Å². The topological polar surface area (TPSA) is 103 Å². The molecule has 86 valence electrons. The zero-order valence-electron chi connectivity index (χ0n) is 8.72. The highest BCUT2D eigenvalue weighted by Gasteiger charge is 2.15. The highest BCUT2D eigenvalue weighted by molar-refractivity contribution is 5.65. The van der Waals surface area contributed by atoms with Gasteiger partial charge in [-0.1, -0.05) is 6.08 Å². The molecule has 0 fully saturated rings. The van der Waals surface area contributed by atoms with Gasteiger partial charge < -0.3 is 15.9 Å². The molecular weight excluding hydrogens is 208 g/mol. The average molecular weight is 222 g/mol. The van der Waals surface area contributed by atoms with Crippen molar-refractivity contribution < 1.29 is 9.53 Å². The van der Waals surface area contributed by atoms with E-state index in [1.165, 1.54) is 0 Å². The lowest BCUT2D eigenvalue weighted by molar-refractivity contribution is 0.106. The van der Waals surface area contributed by atoms with Crippen LogP contribution in [0.4, 0.5) is 10.5 Å². The van der Waals surface area contributed by atoms with E-state index in [4.69, 9.17) is 16.3 Å². The van der Waals surface area contributed by atoms with Crippen LogP contribution < -0.4 is 17.0 Å². The third-order valence-electron chi connectivity index (χ3n) is 1.92. The summed E-state index contributed by atoms with van der Waals surface area (Å²) in [7, 11) is 0. The molecule has 6 nitrogen and oxygen atoms in total. The van der Waals surface area contributed by atoms with Crippen LogP contribution in [0.25, 0.3) is 0 Å². The molecular formula is C10H14N4O2. The first-order valence-electron chi connectivity index (χ1n) is 4.67. The summed E-state index contributed by atoms with van der Waals surface area (Å²) in [4.78, 5) is 14.8. The fourth-order valence-corrected chi connectivity index (χ4v) is 1.24. The van der Waals surface area contributed by atoms with Gasteiger partial charge in [-0.3, -0.25) is 10.8 Å². The second-order valence-electron chi connectivity index (χ2n) is 3.06. The van der Waals surface area contributed by atoms with Gasteiger partial charge >= 0.3 is 6.09 Å². The van der Waals surface area contributed by atoms with Crippen molar-refractivity contribution >= 4 is 11.8 Å². The number of rotatable bonds is 5. The van der Waals surface area contributed by atoms with Gasteiger partial charge in [0.1, 0.15) is 6.10 Å². The van der Waals surface area contributed by atoms with E-state index in [2.05, 4.69) is 17.0 Å². The van der Waals surface area contributed by atoms with Gasteiger partial charge in [-0.05, 0) is 12.1 Å². The Labute approximate surface area is 93.3 Å². The average Bonchev–Trinajstić information content (AvgIpc) is 2.28. The van der Waals surface area contributed by atoms with Crippen molar-refractivity contribution in [3.63, 3.8) is 0 Å². The number of nitrogens with two attached hydrogens (primary N) is 2. The third kappa shape index (κ3) is 3.25. The normalized spacial score (nSPS) is 11.6. The number of anilines is 1. The van der Waals surface area contributed by atoms with E-state index in [0.717, 1.165) is 0 Å². The number of nitrogens with one attached hydrogen (secondary N) is 1. The molecule has 6 heteroatoms. The van der Waals surface area contributed by atoms with E-state index in [-0.39, 0.29) is 0 Å². The molecule has 0 aromatic carbocycles. The number of pyridine rings is 1. The minimum Gasteiger partial charge on any atom is -0.440 e. The number of nitrogens with zero attached hydrogens (tertiary/aromatic N) is 1. The van der Waals surface area contributed by atoms with Gasteiger partial charge in [0.25, 0.3) is 0 Å². The van der Waals surface area contributed by atoms with Crippen molar-refractivity contribution in [1.82, 2.24) is 4.98 Å². The van der Waals surface area contributed by atoms with Gasteiger partial charge in [0.05, 0.1) is 11.4 Å². The van der Waals surface area contributed by atoms with Crippen molar-refractivity contribution in [2.24, 2.45) is 11.6 Å². The maximum absolute atomic E-state index is 10.7. The molecule has 0 aliphatic heterocycles. The fraction of sp³-hybridized carbons (Fsp3) is 0.200. The monoisotopic (exact) mass is 222 g/mol. The van der Waals surface area contributed by atoms with E-state index in [1.54, 1.807) is 24.4 Å². The molecule has 1 amide bonds. The van der Waals surface area contributed by atoms with Crippen LogP contribution >= 0.6 is 0 Å². The maximum atomic E-state index is 10.7. The molecule has 0 saturated carbocycles. The minimum atomic E-state index is -0.847. The molecule has 0 saturated heterocycles. The SMILES string of the molecule is C=CC[C@H](OC(N)=O)c1cc(NN)ccn1. The Morgan fingerprint density at radius 2 is 2.50 bits per heavy atom. The Morgan fingerprint density at radius 1 is 1.75 bits per heavy atom. The van der Waals surface area contributed by atoms with Crippen LogP contribution in [-0.2, 0) is 4.74 Å². The Morgan fingerprint density at radius 3 is 3.06 bits per heavy atom. The number of ether oxygens (including phenoxy) is 1. The number of hydrazine groups is 1. The lowest BCUT2D eigenvalue weighted by Gasteiger charge is -2.14. The standard InChI is InChI=1S/C10H14N4O2/c1-2-3-9(16-10(11)15)8-6-7(14-12)4-5-13-8/h2,4-6,9H,1,3,12H2,(H2,11,15)(H,13,14)/t9-/m0/s1. The number of nitrogen functional groups attached to an aromatic ring is 1. The first-order chi connectivity index (χ1) is 7.67. The van der Waals surface area contributed by atoms with Crippen LogP contribution in [0.3, 0.4) is 0 Å². The molecule has 0 spiro atoms. The molecule has 0 unspecified atom stereocenters. The summed E-state index contributed by atoms with van der Waals surface area (Å²) >= 11 is 0. The Balaban J connectivity index is 2.90. The van der Waals surface area contributed by atoms with Crippen LogP contribution in [0.1, 0.15) is 18.2 Å². The first kappa shape index (κ1) is 12.0. The number of carbonyl (C=O) groups excluding carboxylic acids is 1. The van der Waals surface area contributed by atoms with Crippen molar-refractivity contribution in [3.8, 4) is 0 Å². The summed E-state index contributed by atoms with van der Waals surface area (Å²) in [6.07, 6.45) is 2.23. The summed E-state index contributed by atoms with van der Waals surface area (Å²) in [5, 5.41) is 0. The first-order valence-corrected chi connectivity index (χ1v) is 4.67. The molecule has 5 N–H and O–H groups in total. The Bertz CT molecular complexity index is 381. The summed E-state index contributed by atoms with van der Waals surface area (Å²) in [6.45, 7) is 3.58. The van der Waals surface area contributed by atoms with Crippen molar-refractivity contribution in [3.05, 3.63) is 36.7 Å². The van der Waals surface area contributed by atoms with Crippen molar-refractivity contribution in [1.29, 1.82) is 0 Å². The number of hydrogen-bond acceptors (Lipinski definition) is 5. The Hall–Kier alpha value is -2.08. The van der Waals surface area contributed by atoms with E-state index >= 15 is 0 Å². The zero-order valence-corrected chi connectivity index (χ0v) is 8.72.